The Labute approximate surface area is 205 Å². The molecule has 2 aromatic heterocycles. The van der Waals surface area contributed by atoms with Crippen molar-refractivity contribution >= 4 is 34.8 Å². The molecule has 0 amide bonds. The van der Waals surface area contributed by atoms with Crippen molar-refractivity contribution in [1.82, 2.24) is 15.0 Å². The second-order valence-corrected chi connectivity index (χ2v) is 8.44. The van der Waals surface area contributed by atoms with Gasteiger partial charge in [0.25, 0.3) is 0 Å². The summed E-state index contributed by atoms with van der Waals surface area (Å²) in [6.07, 6.45) is 8.08. The molecule has 7 nitrogen and oxygen atoms in total. The fraction of sp³-hybridized carbons (Fsp3) is 0.120. The van der Waals surface area contributed by atoms with E-state index in [0.717, 1.165) is 16.0 Å². The van der Waals surface area contributed by atoms with E-state index in [1.807, 2.05) is 12.1 Å². The highest BCUT2D eigenvalue weighted by atomic mass is 35.5. The van der Waals surface area contributed by atoms with Crippen molar-refractivity contribution in [2.24, 2.45) is 0 Å². The van der Waals surface area contributed by atoms with E-state index < -0.39 is 0 Å². The van der Waals surface area contributed by atoms with E-state index in [1.165, 1.54) is 23.7 Å². The number of rotatable bonds is 8. The molecule has 0 radical (unpaired) electrons. The van der Waals surface area contributed by atoms with Crippen LogP contribution in [0.4, 0.5) is 0 Å². The van der Waals surface area contributed by atoms with Crippen LogP contribution in [0.15, 0.2) is 61.2 Å². The molecule has 0 saturated heterocycles. The molecule has 0 atom stereocenters. The number of allylic oxidation sites excluding steroid dienone is 1. The van der Waals surface area contributed by atoms with Gasteiger partial charge in [-0.3, -0.25) is 4.79 Å². The smallest absolute Gasteiger partial charge is 0.203 e. The van der Waals surface area contributed by atoms with Gasteiger partial charge in [0.15, 0.2) is 17.3 Å². The van der Waals surface area contributed by atoms with Crippen LogP contribution in [0.2, 0.25) is 5.02 Å². The number of ether oxygens (including phenoxy) is 3. The van der Waals surface area contributed by atoms with Crippen LogP contribution in [-0.4, -0.2) is 42.1 Å². The summed E-state index contributed by atoms with van der Waals surface area (Å²) in [6, 6.07) is 10.4. The average molecular weight is 494 g/mol. The molecule has 0 aliphatic carbocycles. The Bertz CT molecular complexity index is 1310. The van der Waals surface area contributed by atoms with Crippen LogP contribution < -0.4 is 14.2 Å². The summed E-state index contributed by atoms with van der Waals surface area (Å²) in [5.41, 5.74) is 2.78. The quantitative estimate of drug-likeness (QED) is 0.225. The third kappa shape index (κ3) is 4.93. The normalized spacial score (nSPS) is 10.9. The number of aromatic nitrogens is 3. The summed E-state index contributed by atoms with van der Waals surface area (Å²) >= 11 is 7.33. The second-order valence-electron chi connectivity index (χ2n) is 6.98. The first-order valence-electron chi connectivity index (χ1n) is 10.1. The first-order valence-corrected chi connectivity index (χ1v) is 11.3. The second kappa shape index (κ2) is 10.5. The van der Waals surface area contributed by atoms with Crippen molar-refractivity contribution in [1.29, 1.82) is 0 Å². The summed E-state index contributed by atoms with van der Waals surface area (Å²) in [4.78, 5) is 26.5. The Morgan fingerprint density at radius 3 is 2.18 bits per heavy atom. The number of thiazole rings is 1. The molecule has 0 spiro atoms. The minimum absolute atomic E-state index is 0.147. The monoisotopic (exact) mass is 493 g/mol. The minimum Gasteiger partial charge on any atom is -0.493 e. The van der Waals surface area contributed by atoms with E-state index in [2.05, 4.69) is 9.97 Å². The molecule has 0 unspecified atom stereocenters. The van der Waals surface area contributed by atoms with Crippen LogP contribution in [0.1, 0.15) is 15.4 Å². The minimum atomic E-state index is -0.147. The molecule has 0 N–H and O–H groups in total. The predicted molar refractivity (Wildman–Crippen MR) is 133 cm³/mol. The largest absolute Gasteiger partial charge is 0.493 e. The van der Waals surface area contributed by atoms with Crippen LogP contribution in [0.25, 0.3) is 27.8 Å². The van der Waals surface area contributed by atoms with Gasteiger partial charge >= 0.3 is 0 Å². The number of hydrogen-bond donors (Lipinski definition) is 0. The van der Waals surface area contributed by atoms with Crippen molar-refractivity contribution in [3.05, 3.63) is 76.8 Å². The molecule has 0 saturated carbocycles. The first-order chi connectivity index (χ1) is 16.5. The standard InChI is InChI=1S/C25H20ClN3O4S/c1-31-20-10-16(11-21(32-2)24(20)33-3)23-25(17-12-27-14-28-13-17)34-22(29-23)9-8-19(30)15-4-6-18(26)7-5-15/h4-14H,1-3H3/b9-8+. The lowest BCUT2D eigenvalue weighted by Gasteiger charge is -2.14. The maximum absolute atomic E-state index is 12.6. The third-order valence-electron chi connectivity index (χ3n) is 4.91. The SMILES string of the molecule is COc1cc(-c2nc(/C=C/C(=O)c3ccc(Cl)cc3)sc2-c2cncnc2)cc(OC)c1OC. The van der Waals surface area contributed by atoms with Crippen LogP contribution in [0.3, 0.4) is 0 Å². The lowest BCUT2D eigenvalue weighted by atomic mass is 10.1. The summed E-state index contributed by atoms with van der Waals surface area (Å²) in [7, 11) is 4.67. The van der Waals surface area contributed by atoms with Crippen molar-refractivity contribution in [2.45, 2.75) is 0 Å². The Hall–Kier alpha value is -3.75. The predicted octanol–water partition coefficient (Wildman–Crippen LogP) is 5.84. The molecule has 34 heavy (non-hydrogen) atoms. The molecular formula is C25H20ClN3O4S. The third-order valence-corrected chi connectivity index (χ3v) is 6.23. The van der Waals surface area contributed by atoms with E-state index in [0.29, 0.717) is 38.5 Å². The van der Waals surface area contributed by atoms with Crippen molar-refractivity contribution in [2.75, 3.05) is 21.3 Å². The van der Waals surface area contributed by atoms with Gasteiger partial charge < -0.3 is 14.2 Å². The van der Waals surface area contributed by atoms with Gasteiger partial charge in [-0.1, -0.05) is 11.6 Å². The van der Waals surface area contributed by atoms with Crippen molar-refractivity contribution in [3.8, 4) is 38.9 Å². The van der Waals surface area contributed by atoms with Gasteiger partial charge in [-0.15, -0.1) is 11.3 Å². The highest BCUT2D eigenvalue weighted by Crippen LogP contribution is 2.44. The number of halogens is 1. The van der Waals surface area contributed by atoms with E-state index in [9.17, 15) is 4.79 Å². The van der Waals surface area contributed by atoms with E-state index in [4.69, 9.17) is 30.8 Å². The van der Waals surface area contributed by atoms with E-state index >= 15 is 0 Å². The summed E-state index contributed by atoms with van der Waals surface area (Å²) in [5.74, 6) is 1.36. The Balaban J connectivity index is 1.78. The lowest BCUT2D eigenvalue weighted by molar-refractivity contribution is 0.104. The van der Waals surface area contributed by atoms with Gasteiger partial charge in [-0.05, 0) is 48.6 Å². The summed E-state index contributed by atoms with van der Waals surface area (Å²) in [6.45, 7) is 0. The molecule has 0 aliphatic rings. The fourth-order valence-corrected chi connectivity index (χ4v) is 4.38. The van der Waals surface area contributed by atoms with Crippen LogP contribution >= 0.6 is 22.9 Å². The molecule has 172 valence electrons. The van der Waals surface area contributed by atoms with Crippen LogP contribution in [-0.2, 0) is 0 Å². The maximum Gasteiger partial charge on any atom is 0.203 e. The Morgan fingerprint density at radius 1 is 0.941 bits per heavy atom. The number of carbonyl (C=O) groups excluding carboxylic acids is 1. The fourth-order valence-electron chi connectivity index (χ4n) is 3.29. The Kier molecular flexibility index (Phi) is 7.20. The zero-order valence-corrected chi connectivity index (χ0v) is 20.2. The zero-order chi connectivity index (χ0) is 24.1. The van der Waals surface area contributed by atoms with Crippen LogP contribution in [0, 0.1) is 0 Å². The van der Waals surface area contributed by atoms with Crippen molar-refractivity contribution in [3.63, 3.8) is 0 Å². The molecule has 0 fully saturated rings. The zero-order valence-electron chi connectivity index (χ0n) is 18.6. The molecule has 4 rings (SSSR count). The molecular weight excluding hydrogens is 474 g/mol. The maximum atomic E-state index is 12.6. The summed E-state index contributed by atoms with van der Waals surface area (Å²) in [5, 5.41) is 1.22. The number of nitrogens with zero attached hydrogens (tertiary/aromatic N) is 3. The van der Waals surface area contributed by atoms with E-state index in [-0.39, 0.29) is 5.78 Å². The van der Waals surface area contributed by atoms with Gasteiger partial charge in [0.1, 0.15) is 11.3 Å². The van der Waals surface area contributed by atoms with Crippen molar-refractivity contribution < 1.29 is 19.0 Å². The number of hydrogen-bond acceptors (Lipinski definition) is 8. The number of methoxy groups -OCH3 is 3. The topological polar surface area (TPSA) is 83.4 Å². The molecule has 4 aromatic rings. The van der Waals surface area contributed by atoms with Gasteiger partial charge in [0.2, 0.25) is 5.75 Å². The van der Waals surface area contributed by atoms with Crippen LogP contribution in [0.5, 0.6) is 17.2 Å². The first kappa shape index (κ1) is 23.4. The number of ketones is 1. The van der Waals surface area contributed by atoms with Gasteiger partial charge in [-0.2, -0.15) is 0 Å². The average Bonchev–Trinajstić information content (AvgIpc) is 3.31. The highest BCUT2D eigenvalue weighted by molar-refractivity contribution is 7.16. The molecule has 2 aromatic carbocycles. The van der Waals surface area contributed by atoms with E-state index in [1.54, 1.807) is 64.1 Å². The van der Waals surface area contributed by atoms with Gasteiger partial charge in [-0.25, -0.2) is 15.0 Å². The van der Waals surface area contributed by atoms with Gasteiger partial charge in [0.05, 0.1) is 31.9 Å². The van der Waals surface area contributed by atoms with Gasteiger partial charge in [0, 0.05) is 34.1 Å². The molecule has 0 bridgehead atoms. The molecule has 2 heterocycles. The summed E-state index contributed by atoms with van der Waals surface area (Å²) < 4.78 is 16.5. The molecule has 0 aliphatic heterocycles. The Morgan fingerprint density at radius 2 is 1.59 bits per heavy atom. The molecule has 9 heteroatoms. The lowest BCUT2D eigenvalue weighted by Crippen LogP contribution is -1.96. The number of carbonyl (C=O) groups is 1. The number of benzene rings is 2. The highest BCUT2D eigenvalue weighted by Gasteiger charge is 2.20.